The van der Waals surface area contributed by atoms with Crippen molar-refractivity contribution in [2.75, 3.05) is 30.4 Å². The average Bonchev–Trinajstić information content (AvgIpc) is 2.55. The van der Waals surface area contributed by atoms with Crippen LogP contribution in [0.4, 0.5) is 15.8 Å². The van der Waals surface area contributed by atoms with Gasteiger partial charge in [0.05, 0.1) is 19.3 Å². The Morgan fingerprint density at radius 1 is 1.23 bits per heavy atom. The Bertz CT molecular complexity index is 632. The summed E-state index contributed by atoms with van der Waals surface area (Å²) in [7, 11) is 1.46. The number of ether oxygens (including phenoxy) is 1. The monoisotopic (exact) mass is 302 g/mol. The number of methoxy groups -OCH3 is 1. The second-order valence-electron chi connectivity index (χ2n) is 4.67. The number of likely N-dealkylation sites (N-methyl/N-ethyl adjacent to an activating group) is 1. The highest BCUT2D eigenvalue weighted by atomic mass is 19.1. The predicted molar refractivity (Wildman–Crippen MR) is 85.9 cm³/mol. The average molecular weight is 302 g/mol. The SMILES string of the molecule is CCN(C(=O)CNc1ccc(F)cc1OC)c1ccccc1. The van der Waals surface area contributed by atoms with Crippen LogP contribution in [0.1, 0.15) is 6.92 Å². The number of benzene rings is 2. The molecule has 0 saturated heterocycles. The summed E-state index contributed by atoms with van der Waals surface area (Å²) in [6, 6.07) is 13.6. The molecule has 1 N–H and O–H groups in total. The summed E-state index contributed by atoms with van der Waals surface area (Å²) in [6.07, 6.45) is 0. The number of halogens is 1. The molecule has 0 bridgehead atoms. The van der Waals surface area contributed by atoms with Gasteiger partial charge in [0, 0.05) is 18.3 Å². The second-order valence-corrected chi connectivity index (χ2v) is 4.67. The molecule has 5 heteroatoms. The fraction of sp³-hybridized carbons (Fsp3) is 0.235. The van der Waals surface area contributed by atoms with Gasteiger partial charge in [0.2, 0.25) is 5.91 Å². The lowest BCUT2D eigenvalue weighted by molar-refractivity contribution is -0.116. The van der Waals surface area contributed by atoms with Crippen LogP contribution < -0.4 is 15.0 Å². The van der Waals surface area contributed by atoms with Crippen LogP contribution in [-0.4, -0.2) is 26.1 Å². The van der Waals surface area contributed by atoms with E-state index in [9.17, 15) is 9.18 Å². The van der Waals surface area contributed by atoms with Gasteiger partial charge >= 0.3 is 0 Å². The third-order valence-corrected chi connectivity index (χ3v) is 3.28. The summed E-state index contributed by atoms with van der Waals surface area (Å²) in [5, 5.41) is 2.99. The van der Waals surface area contributed by atoms with Gasteiger partial charge in [0.25, 0.3) is 0 Å². The zero-order valence-electron chi connectivity index (χ0n) is 12.7. The van der Waals surface area contributed by atoms with Crippen molar-refractivity contribution in [2.24, 2.45) is 0 Å². The van der Waals surface area contributed by atoms with Gasteiger partial charge in [-0.1, -0.05) is 18.2 Å². The molecule has 4 nitrogen and oxygen atoms in total. The third-order valence-electron chi connectivity index (χ3n) is 3.28. The van der Waals surface area contributed by atoms with Crippen LogP contribution >= 0.6 is 0 Å². The van der Waals surface area contributed by atoms with Crippen LogP contribution in [0.15, 0.2) is 48.5 Å². The van der Waals surface area contributed by atoms with Gasteiger partial charge < -0.3 is 15.0 Å². The molecule has 22 heavy (non-hydrogen) atoms. The smallest absolute Gasteiger partial charge is 0.246 e. The van der Waals surface area contributed by atoms with E-state index in [1.807, 2.05) is 37.3 Å². The van der Waals surface area contributed by atoms with E-state index in [2.05, 4.69) is 5.32 Å². The molecule has 0 fully saturated rings. The summed E-state index contributed by atoms with van der Waals surface area (Å²) in [5.74, 6) is -0.0798. The molecule has 2 rings (SSSR count). The minimum absolute atomic E-state index is 0.0694. The van der Waals surface area contributed by atoms with Crippen LogP contribution in [0, 0.1) is 5.82 Å². The first kappa shape index (κ1) is 15.8. The molecule has 0 aliphatic rings. The van der Waals surface area contributed by atoms with Crippen LogP contribution in [0.3, 0.4) is 0 Å². The normalized spacial score (nSPS) is 10.1. The van der Waals surface area contributed by atoms with E-state index in [-0.39, 0.29) is 18.3 Å². The Hall–Kier alpha value is -2.56. The maximum atomic E-state index is 13.2. The van der Waals surface area contributed by atoms with E-state index < -0.39 is 0 Å². The number of rotatable bonds is 6. The number of nitrogens with zero attached hydrogens (tertiary/aromatic N) is 1. The van der Waals surface area contributed by atoms with E-state index in [4.69, 9.17) is 4.74 Å². The van der Waals surface area contributed by atoms with E-state index in [1.165, 1.54) is 19.2 Å². The molecule has 0 saturated carbocycles. The maximum Gasteiger partial charge on any atom is 0.246 e. The fourth-order valence-electron chi connectivity index (χ4n) is 2.19. The fourth-order valence-corrected chi connectivity index (χ4v) is 2.19. The number of nitrogens with one attached hydrogen (secondary N) is 1. The lowest BCUT2D eigenvalue weighted by atomic mass is 10.2. The molecule has 0 radical (unpaired) electrons. The molecule has 116 valence electrons. The van der Waals surface area contributed by atoms with Crippen LogP contribution in [-0.2, 0) is 4.79 Å². The number of amides is 1. The molecule has 2 aromatic carbocycles. The molecule has 0 heterocycles. The largest absolute Gasteiger partial charge is 0.494 e. The van der Waals surface area contributed by atoms with Crippen molar-refractivity contribution in [2.45, 2.75) is 6.92 Å². The van der Waals surface area contributed by atoms with Crippen molar-refractivity contribution in [1.82, 2.24) is 0 Å². The minimum atomic E-state index is -0.381. The molecule has 0 aliphatic heterocycles. The summed E-state index contributed by atoms with van der Waals surface area (Å²) in [6.45, 7) is 2.60. The van der Waals surface area contributed by atoms with Gasteiger partial charge in [-0.25, -0.2) is 4.39 Å². The second kappa shape index (κ2) is 7.45. The first-order valence-corrected chi connectivity index (χ1v) is 7.08. The number of hydrogen-bond acceptors (Lipinski definition) is 3. The molecule has 0 atom stereocenters. The maximum absolute atomic E-state index is 13.2. The van der Waals surface area contributed by atoms with Crippen LogP contribution in [0.5, 0.6) is 5.75 Å². The zero-order chi connectivity index (χ0) is 15.9. The van der Waals surface area contributed by atoms with Gasteiger partial charge in [-0.05, 0) is 31.2 Å². The quantitative estimate of drug-likeness (QED) is 0.890. The highest BCUT2D eigenvalue weighted by Crippen LogP contribution is 2.24. The number of anilines is 2. The molecule has 1 amide bonds. The number of hydrogen-bond donors (Lipinski definition) is 1. The first-order valence-electron chi connectivity index (χ1n) is 7.08. The van der Waals surface area contributed by atoms with Crippen molar-refractivity contribution < 1.29 is 13.9 Å². The van der Waals surface area contributed by atoms with E-state index in [1.54, 1.807) is 11.0 Å². The van der Waals surface area contributed by atoms with Gasteiger partial charge in [0.1, 0.15) is 11.6 Å². The van der Waals surface area contributed by atoms with E-state index >= 15 is 0 Å². The summed E-state index contributed by atoms with van der Waals surface area (Å²) in [5.41, 5.74) is 1.43. The van der Waals surface area contributed by atoms with Crippen LogP contribution in [0.2, 0.25) is 0 Å². The topological polar surface area (TPSA) is 41.6 Å². The highest BCUT2D eigenvalue weighted by molar-refractivity contribution is 5.96. The van der Waals surface area contributed by atoms with E-state index in [0.717, 1.165) is 5.69 Å². The van der Waals surface area contributed by atoms with Gasteiger partial charge in [-0.3, -0.25) is 4.79 Å². The molecular weight excluding hydrogens is 283 g/mol. The number of carbonyl (C=O) groups is 1. The van der Waals surface area contributed by atoms with Crippen molar-refractivity contribution >= 4 is 17.3 Å². The number of para-hydroxylation sites is 1. The third kappa shape index (κ3) is 3.75. The molecule has 2 aromatic rings. The predicted octanol–water partition coefficient (Wildman–Crippen LogP) is 3.30. The molecule has 0 aromatic heterocycles. The van der Waals surface area contributed by atoms with Crippen molar-refractivity contribution in [3.05, 3.63) is 54.3 Å². The minimum Gasteiger partial charge on any atom is -0.494 e. The summed E-state index contributed by atoms with van der Waals surface area (Å²) < 4.78 is 18.3. The standard InChI is InChI=1S/C17H19FN2O2/c1-3-20(14-7-5-4-6-8-14)17(21)12-19-15-10-9-13(18)11-16(15)22-2/h4-11,19H,3,12H2,1-2H3. The van der Waals surface area contributed by atoms with Gasteiger partial charge in [-0.15, -0.1) is 0 Å². The Labute approximate surface area is 129 Å². The van der Waals surface area contributed by atoms with Crippen molar-refractivity contribution in [1.29, 1.82) is 0 Å². The lowest BCUT2D eigenvalue weighted by Crippen LogP contribution is -2.35. The summed E-state index contributed by atoms with van der Waals surface area (Å²) >= 11 is 0. The number of carbonyl (C=O) groups excluding carboxylic acids is 1. The van der Waals surface area contributed by atoms with Gasteiger partial charge in [-0.2, -0.15) is 0 Å². The van der Waals surface area contributed by atoms with Crippen LogP contribution in [0.25, 0.3) is 0 Å². The Kier molecular flexibility index (Phi) is 5.36. The Morgan fingerprint density at radius 2 is 1.95 bits per heavy atom. The Balaban J connectivity index is 2.06. The highest BCUT2D eigenvalue weighted by Gasteiger charge is 2.14. The van der Waals surface area contributed by atoms with E-state index in [0.29, 0.717) is 18.0 Å². The Morgan fingerprint density at radius 3 is 2.59 bits per heavy atom. The zero-order valence-corrected chi connectivity index (χ0v) is 12.7. The summed E-state index contributed by atoms with van der Waals surface area (Å²) in [4.78, 5) is 14.0. The van der Waals surface area contributed by atoms with Gasteiger partial charge in [0.15, 0.2) is 0 Å². The van der Waals surface area contributed by atoms with Crippen molar-refractivity contribution in [3.8, 4) is 5.75 Å². The molecule has 0 unspecified atom stereocenters. The lowest BCUT2D eigenvalue weighted by Gasteiger charge is -2.21. The van der Waals surface area contributed by atoms with Crippen molar-refractivity contribution in [3.63, 3.8) is 0 Å². The molecule has 0 aliphatic carbocycles. The molecule has 0 spiro atoms. The first-order chi connectivity index (χ1) is 10.7. The molecular formula is C17H19FN2O2.